The number of benzene rings is 1. The zero-order valence-electron chi connectivity index (χ0n) is 9.83. The summed E-state index contributed by atoms with van der Waals surface area (Å²) in [7, 11) is 0. The molecule has 1 aromatic carbocycles. The fourth-order valence-electron chi connectivity index (χ4n) is 1.82. The Hall–Kier alpha value is -1.75. The molecule has 1 fully saturated rings. The average Bonchev–Trinajstić information content (AvgIpc) is 2.39. The first kappa shape index (κ1) is 12.7. The van der Waals surface area contributed by atoms with E-state index in [0.29, 0.717) is 13.1 Å². The van der Waals surface area contributed by atoms with Crippen molar-refractivity contribution in [2.75, 3.05) is 26.2 Å². The van der Waals surface area contributed by atoms with E-state index in [-0.39, 0.29) is 11.5 Å². The van der Waals surface area contributed by atoms with Crippen molar-refractivity contribution in [2.24, 2.45) is 0 Å². The van der Waals surface area contributed by atoms with E-state index in [1.54, 1.807) is 4.90 Å². The number of carbonyl (C=O) groups excluding carboxylic acids is 1. The van der Waals surface area contributed by atoms with Crippen LogP contribution in [-0.4, -0.2) is 37.0 Å². The van der Waals surface area contributed by atoms with Crippen molar-refractivity contribution in [3.63, 3.8) is 0 Å². The minimum absolute atomic E-state index is 0.180. The van der Waals surface area contributed by atoms with Gasteiger partial charge in [-0.3, -0.25) is 4.79 Å². The third kappa shape index (κ3) is 2.92. The van der Waals surface area contributed by atoms with Gasteiger partial charge in [-0.15, -0.1) is 0 Å². The molecule has 0 unspecified atom stereocenters. The van der Waals surface area contributed by atoms with E-state index in [1.165, 1.54) is 18.2 Å². The Morgan fingerprint density at radius 2 is 1.83 bits per heavy atom. The van der Waals surface area contributed by atoms with Crippen molar-refractivity contribution in [3.8, 4) is 0 Å². The Morgan fingerprint density at radius 1 is 1.22 bits per heavy atom. The molecule has 3 nitrogen and oxygen atoms in total. The first-order valence-corrected chi connectivity index (χ1v) is 5.80. The molecule has 0 atom stereocenters. The minimum Gasteiger partial charge on any atom is -0.337 e. The van der Waals surface area contributed by atoms with Gasteiger partial charge in [0.15, 0.2) is 0 Å². The molecule has 1 saturated heterocycles. The van der Waals surface area contributed by atoms with Crippen molar-refractivity contribution >= 4 is 12.0 Å². The van der Waals surface area contributed by atoms with Crippen LogP contribution < -0.4 is 5.32 Å². The number of nitrogens with zero attached hydrogens (tertiary/aromatic N) is 1. The quantitative estimate of drug-likeness (QED) is 0.807. The monoisotopic (exact) mass is 252 g/mol. The molecule has 0 aliphatic carbocycles. The number of amides is 1. The van der Waals surface area contributed by atoms with Crippen LogP contribution in [0.5, 0.6) is 0 Å². The third-order valence-electron chi connectivity index (χ3n) is 2.82. The van der Waals surface area contributed by atoms with Crippen LogP contribution in [0.25, 0.3) is 6.08 Å². The molecule has 0 bridgehead atoms. The van der Waals surface area contributed by atoms with Crippen LogP contribution in [0.15, 0.2) is 24.3 Å². The Balaban J connectivity index is 2.08. The molecular formula is C13H14F2N2O. The molecule has 0 aromatic heterocycles. The Morgan fingerprint density at radius 3 is 2.44 bits per heavy atom. The molecule has 5 heteroatoms. The standard InChI is InChI=1S/C13H14F2N2O/c14-11-2-1-3-12(15)10(11)4-5-13(18)17-8-6-16-7-9-17/h1-5,16H,6-9H2/b5-4+. The number of hydrogen-bond donors (Lipinski definition) is 1. The van der Waals surface area contributed by atoms with Gasteiger partial charge in [0.25, 0.3) is 0 Å². The van der Waals surface area contributed by atoms with Crippen molar-refractivity contribution < 1.29 is 13.6 Å². The Kier molecular flexibility index (Phi) is 4.04. The summed E-state index contributed by atoms with van der Waals surface area (Å²) < 4.78 is 26.6. The lowest BCUT2D eigenvalue weighted by atomic mass is 10.2. The lowest BCUT2D eigenvalue weighted by molar-refractivity contribution is -0.126. The largest absolute Gasteiger partial charge is 0.337 e. The normalized spacial score (nSPS) is 16.2. The molecule has 0 radical (unpaired) electrons. The fourth-order valence-corrected chi connectivity index (χ4v) is 1.82. The zero-order valence-corrected chi connectivity index (χ0v) is 9.83. The number of carbonyl (C=O) groups is 1. The SMILES string of the molecule is O=C(/C=C/c1c(F)cccc1F)N1CCNCC1. The van der Waals surface area contributed by atoms with Gasteiger partial charge in [-0.05, 0) is 18.2 Å². The molecule has 1 aromatic rings. The van der Waals surface area contributed by atoms with E-state index in [4.69, 9.17) is 0 Å². The zero-order chi connectivity index (χ0) is 13.0. The van der Waals surface area contributed by atoms with Gasteiger partial charge in [-0.1, -0.05) is 6.07 Å². The first-order valence-electron chi connectivity index (χ1n) is 5.80. The molecule has 2 rings (SSSR count). The molecule has 0 saturated carbocycles. The lowest BCUT2D eigenvalue weighted by Crippen LogP contribution is -2.45. The van der Waals surface area contributed by atoms with Crippen LogP contribution in [0.2, 0.25) is 0 Å². The second-order valence-electron chi connectivity index (χ2n) is 4.04. The smallest absolute Gasteiger partial charge is 0.246 e. The predicted octanol–water partition coefficient (Wildman–Crippen LogP) is 1.41. The van der Waals surface area contributed by atoms with Crippen LogP contribution in [0.3, 0.4) is 0 Å². The molecule has 1 aliphatic rings. The fraction of sp³-hybridized carbons (Fsp3) is 0.308. The molecule has 1 heterocycles. The maximum absolute atomic E-state index is 13.3. The van der Waals surface area contributed by atoms with Crippen molar-refractivity contribution in [2.45, 2.75) is 0 Å². The first-order chi connectivity index (χ1) is 8.68. The van der Waals surface area contributed by atoms with E-state index in [9.17, 15) is 13.6 Å². The summed E-state index contributed by atoms with van der Waals surface area (Å²) in [6.45, 7) is 2.72. The second-order valence-corrected chi connectivity index (χ2v) is 4.04. The van der Waals surface area contributed by atoms with Gasteiger partial charge < -0.3 is 10.2 Å². The van der Waals surface area contributed by atoms with E-state index >= 15 is 0 Å². The molecule has 0 spiro atoms. The van der Waals surface area contributed by atoms with Gasteiger partial charge in [0.2, 0.25) is 5.91 Å². The van der Waals surface area contributed by atoms with E-state index in [2.05, 4.69) is 5.32 Å². The van der Waals surface area contributed by atoms with E-state index in [1.807, 2.05) is 0 Å². The van der Waals surface area contributed by atoms with Crippen LogP contribution in [-0.2, 0) is 4.79 Å². The topological polar surface area (TPSA) is 32.3 Å². The lowest BCUT2D eigenvalue weighted by Gasteiger charge is -2.26. The number of hydrogen-bond acceptors (Lipinski definition) is 2. The molecule has 1 aliphatic heterocycles. The van der Waals surface area contributed by atoms with Gasteiger partial charge in [0.05, 0.1) is 0 Å². The second kappa shape index (κ2) is 5.73. The summed E-state index contributed by atoms with van der Waals surface area (Å²) in [6, 6.07) is 3.62. The number of rotatable bonds is 2. The molecule has 1 N–H and O–H groups in total. The Labute approximate surface area is 104 Å². The summed E-state index contributed by atoms with van der Waals surface area (Å²) in [5, 5.41) is 3.12. The highest BCUT2D eigenvalue weighted by atomic mass is 19.1. The van der Waals surface area contributed by atoms with Gasteiger partial charge in [-0.25, -0.2) is 8.78 Å². The highest BCUT2D eigenvalue weighted by Crippen LogP contribution is 2.13. The van der Waals surface area contributed by atoms with Gasteiger partial charge in [-0.2, -0.15) is 0 Å². The summed E-state index contributed by atoms with van der Waals surface area (Å²) in [4.78, 5) is 13.4. The summed E-state index contributed by atoms with van der Waals surface area (Å²) in [5.74, 6) is -1.56. The average molecular weight is 252 g/mol. The predicted molar refractivity (Wildman–Crippen MR) is 64.8 cm³/mol. The maximum Gasteiger partial charge on any atom is 0.246 e. The van der Waals surface area contributed by atoms with Gasteiger partial charge in [0.1, 0.15) is 11.6 Å². The van der Waals surface area contributed by atoms with Crippen LogP contribution in [0.1, 0.15) is 5.56 Å². The molecule has 96 valence electrons. The van der Waals surface area contributed by atoms with Crippen LogP contribution >= 0.6 is 0 Å². The number of nitrogens with one attached hydrogen (secondary N) is 1. The molecule has 1 amide bonds. The number of piperazine rings is 1. The van der Waals surface area contributed by atoms with Crippen molar-refractivity contribution in [3.05, 3.63) is 41.5 Å². The van der Waals surface area contributed by atoms with Crippen LogP contribution in [0, 0.1) is 11.6 Å². The summed E-state index contributed by atoms with van der Waals surface area (Å²) >= 11 is 0. The number of halogens is 2. The third-order valence-corrected chi connectivity index (χ3v) is 2.82. The summed E-state index contributed by atoms with van der Waals surface area (Å²) in [5.41, 5.74) is -0.180. The van der Waals surface area contributed by atoms with Crippen LogP contribution in [0.4, 0.5) is 8.78 Å². The molecule has 18 heavy (non-hydrogen) atoms. The van der Waals surface area contributed by atoms with E-state index < -0.39 is 11.6 Å². The highest BCUT2D eigenvalue weighted by Gasteiger charge is 2.13. The van der Waals surface area contributed by atoms with Crippen molar-refractivity contribution in [1.29, 1.82) is 0 Å². The minimum atomic E-state index is -0.667. The van der Waals surface area contributed by atoms with E-state index in [0.717, 1.165) is 25.2 Å². The van der Waals surface area contributed by atoms with Crippen molar-refractivity contribution in [1.82, 2.24) is 10.2 Å². The Bertz CT molecular complexity index is 448. The summed E-state index contributed by atoms with van der Waals surface area (Å²) in [6.07, 6.45) is 2.40. The maximum atomic E-state index is 13.3. The van der Waals surface area contributed by atoms with Gasteiger partial charge in [0, 0.05) is 37.8 Å². The van der Waals surface area contributed by atoms with Gasteiger partial charge >= 0.3 is 0 Å². The molecular weight excluding hydrogens is 238 g/mol. The highest BCUT2D eigenvalue weighted by molar-refractivity contribution is 5.91.